The smallest absolute Gasteiger partial charge is 0.141 e. The lowest BCUT2D eigenvalue weighted by molar-refractivity contribution is 0.107. The van der Waals surface area contributed by atoms with Crippen LogP contribution in [0.4, 0.5) is 0 Å². The molecule has 3 nitrogen and oxygen atoms in total. The third-order valence-corrected chi connectivity index (χ3v) is 7.16. The van der Waals surface area contributed by atoms with Gasteiger partial charge in [0.05, 0.1) is 0 Å². The van der Waals surface area contributed by atoms with Crippen molar-refractivity contribution in [3.63, 3.8) is 0 Å². The van der Waals surface area contributed by atoms with Gasteiger partial charge < -0.3 is 10.2 Å². The maximum atomic E-state index is 12.1. The molecule has 4 rings (SSSR count). The molecule has 0 saturated carbocycles. The molecule has 0 fully saturated rings. The number of aliphatic imine (C=N–C) groups is 1. The van der Waals surface area contributed by atoms with E-state index in [2.05, 4.69) is 47.6 Å². The zero-order valence-electron chi connectivity index (χ0n) is 23.3. The first-order valence-electron chi connectivity index (χ1n) is 13.2. The van der Waals surface area contributed by atoms with Crippen LogP contribution in [0.5, 0.6) is 5.75 Å². The number of aliphatic hydroxyl groups excluding tert-OH is 1. The van der Waals surface area contributed by atoms with Crippen molar-refractivity contribution in [2.24, 2.45) is 4.99 Å². The lowest BCUT2D eigenvalue weighted by atomic mass is 9.76. The minimum absolute atomic E-state index is 0.115. The number of aromatic hydroxyl groups is 1. The van der Waals surface area contributed by atoms with E-state index < -0.39 is 11.6 Å². The average molecular weight is 506 g/mol. The molecule has 0 spiro atoms. The van der Waals surface area contributed by atoms with E-state index >= 15 is 0 Å². The summed E-state index contributed by atoms with van der Waals surface area (Å²) in [6.45, 7) is 12.8. The molecule has 0 bridgehead atoms. The number of hydrogen-bond donors (Lipinski definition) is 2. The molecule has 4 aromatic carbocycles. The van der Waals surface area contributed by atoms with Crippen molar-refractivity contribution in [1.29, 1.82) is 0 Å². The fourth-order valence-electron chi connectivity index (χ4n) is 4.89. The van der Waals surface area contributed by atoms with E-state index in [-0.39, 0.29) is 16.6 Å². The molecule has 0 aromatic heterocycles. The minimum atomic E-state index is -1.14. The van der Waals surface area contributed by atoms with Gasteiger partial charge in [0, 0.05) is 17.3 Å². The monoisotopic (exact) mass is 505 g/mol. The Labute approximate surface area is 227 Å². The van der Waals surface area contributed by atoms with Crippen molar-refractivity contribution in [2.45, 2.75) is 64.0 Å². The summed E-state index contributed by atoms with van der Waals surface area (Å²) in [5, 5.41) is 23.5. The highest BCUT2D eigenvalue weighted by molar-refractivity contribution is 5.85. The van der Waals surface area contributed by atoms with Gasteiger partial charge >= 0.3 is 0 Å². The summed E-state index contributed by atoms with van der Waals surface area (Å²) < 4.78 is 0. The van der Waals surface area contributed by atoms with Gasteiger partial charge in [0.1, 0.15) is 17.4 Å². The van der Waals surface area contributed by atoms with E-state index in [0.717, 1.165) is 27.8 Å². The Morgan fingerprint density at radius 1 is 0.632 bits per heavy atom. The Bertz CT molecular complexity index is 1340. The van der Waals surface area contributed by atoms with Crippen LogP contribution in [0.2, 0.25) is 0 Å². The second-order valence-electron chi connectivity index (χ2n) is 12.0. The summed E-state index contributed by atoms with van der Waals surface area (Å²) in [6, 6.07) is 33.6. The maximum Gasteiger partial charge on any atom is 0.141 e. The molecular formula is C35H39NO2. The highest BCUT2D eigenvalue weighted by Crippen LogP contribution is 2.45. The number of aliphatic hydroxyl groups is 1. The molecule has 0 amide bonds. The molecule has 4 aromatic rings. The fourth-order valence-corrected chi connectivity index (χ4v) is 4.89. The van der Waals surface area contributed by atoms with Gasteiger partial charge in [-0.15, -0.1) is 0 Å². The predicted molar refractivity (Wildman–Crippen MR) is 158 cm³/mol. The number of phenolic OH excluding ortho intramolecular Hbond substituents is 1. The largest absolute Gasteiger partial charge is 0.507 e. The summed E-state index contributed by atoms with van der Waals surface area (Å²) >= 11 is 0. The van der Waals surface area contributed by atoms with Gasteiger partial charge in [-0.2, -0.15) is 0 Å². The third-order valence-electron chi connectivity index (χ3n) is 7.16. The van der Waals surface area contributed by atoms with E-state index in [0.29, 0.717) is 5.56 Å². The summed E-state index contributed by atoms with van der Waals surface area (Å²) in [5.41, 5.74) is 3.61. The number of rotatable bonds is 6. The van der Waals surface area contributed by atoms with Gasteiger partial charge in [0.15, 0.2) is 0 Å². The molecule has 0 aliphatic rings. The second-order valence-corrected chi connectivity index (χ2v) is 12.0. The first-order valence-corrected chi connectivity index (χ1v) is 13.2. The second kappa shape index (κ2) is 10.6. The molecule has 196 valence electrons. The van der Waals surface area contributed by atoms with Crippen LogP contribution in [0.15, 0.2) is 108 Å². The van der Waals surface area contributed by atoms with E-state index in [9.17, 15) is 10.2 Å². The molecule has 0 aliphatic heterocycles. The SMILES string of the molecule is CC(C)(C)c1cc(C=NC(c2ccccc2)(c2ccccc2)[C@H](O)c2ccccc2)c(O)c(C(C)(C)C)c1. The molecule has 38 heavy (non-hydrogen) atoms. The summed E-state index contributed by atoms with van der Waals surface area (Å²) in [7, 11) is 0. The normalized spacial score (nSPS) is 13.6. The Morgan fingerprint density at radius 3 is 1.55 bits per heavy atom. The Balaban J connectivity index is 2.02. The van der Waals surface area contributed by atoms with E-state index in [4.69, 9.17) is 4.99 Å². The number of benzene rings is 4. The molecule has 0 radical (unpaired) electrons. The molecule has 2 N–H and O–H groups in total. The topological polar surface area (TPSA) is 52.8 Å². The highest BCUT2D eigenvalue weighted by atomic mass is 16.3. The van der Waals surface area contributed by atoms with E-state index in [1.807, 2.05) is 97.1 Å². The fraction of sp³-hybridized carbons (Fsp3) is 0.286. The van der Waals surface area contributed by atoms with Gasteiger partial charge in [-0.1, -0.05) is 139 Å². The maximum absolute atomic E-state index is 12.1. The van der Waals surface area contributed by atoms with Gasteiger partial charge in [-0.3, -0.25) is 4.99 Å². The quantitative estimate of drug-likeness (QED) is 0.260. The summed E-state index contributed by atoms with van der Waals surface area (Å²) in [4.78, 5) is 5.21. The Kier molecular flexibility index (Phi) is 7.62. The van der Waals surface area contributed by atoms with Crippen LogP contribution < -0.4 is 0 Å². The summed E-state index contributed by atoms with van der Waals surface area (Å²) in [5.74, 6) is 0.221. The van der Waals surface area contributed by atoms with E-state index in [1.165, 1.54) is 0 Å². The third kappa shape index (κ3) is 5.44. The van der Waals surface area contributed by atoms with Crippen LogP contribution >= 0.6 is 0 Å². The van der Waals surface area contributed by atoms with Crippen molar-refractivity contribution in [3.05, 3.63) is 137 Å². The minimum Gasteiger partial charge on any atom is -0.507 e. The molecule has 3 heteroatoms. The van der Waals surface area contributed by atoms with Gasteiger partial charge in [-0.05, 0) is 39.2 Å². The molecule has 0 aliphatic carbocycles. The number of phenols is 1. The number of hydrogen-bond acceptors (Lipinski definition) is 3. The van der Waals surface area contributed by atoms with Crippen LogP contribution in [0.1, 0.15) is 81.0 Å². The predicted octanol–water partition coefficient (Wildman–Crippen LogP) is 8.08. The average Bonchev–Trinajstić information content (AvgIpc) is 2.90. The van der Waals surface area contributed by atoms with Crippen molar-refractivity contribution in [1.82, 2.24) is 0 Å². The van der Waals surface area contributed by atoms with Crippen LogP contribution in [0, 0.1) is 0 Å². The van der Waals surface area contributed by atoms with Crippen molar-refractivity contribution in [3.8, 4) is 5.75 Å². The van der Waals surface area contributed by atoms with E-state index in [1.54, 1.807) is 6.21 Å². The molecule has 0 saturated heterocycles. The van der Waals surface area contributed by atoms with Crippen molar-refractivity contribution >= 4 is 6.21 Å². The lowest BCUT2D eigenvalue weighted by Crippen LogP contribution is -2.33. The van der Waals surface area contributed by atoms with Crippen LogP contribution in [0.25, 0.3) is 0 Å². The van der Waals surface area contributed by atoms with Gasteiger partial charge in [-0.25, -0.2) is 0 Å². The summed E-state index contributed by atoms with van der Waals surface area (Å²) in [6.07, 6.45) is 0.770. The van der Waals surface area contributed by atoms with Gasteiger partial charge in [0.25, 0.3) is 0 Å². The molecule has 1 atom stereocenters. The standard InChI is InChI=1S/C35H39NO2/c1-33(2,3)29-22-26(31(37)30(23-29)34(4,5)6)24-36-35(27-18-12-8-13-19-27,28-20-14-9-15-21-28)32(38)25-16-10-7-11-17-25/h7-24,32,37-38H,1-6H3/t32-/m1/s1. The van der Waals surface area contributed by atoms with Crippen molar-refractivity contribution < 1.29 is 10.2 Å². The molecule has 0 heterocycles. The van der Waals surface area contributed by atoms with Crippen LogP contribution in [0.3, 0.4) is 0 Å². The highest BCUT2D eigenvalue weighted by Gasteiger charge is 2.42. The van der Waals surface area contributed by atoms with Crippen LogP contribution in [-0.4, -0.2) is 16.4 Å². The Hall–Kier alpha value is -3.69. The zero-order chi connectivity index (χ0) is 27.6. The number of nitrogens with zero attached hydrogens (tertiary/aromatic N) is 1. The lowest BCUT2D eigenvalue weighted by Gasteiger charge is -2.36. The first kappa shape index (κ1) is 27.3. The molecular weight excluding hydrogens is 466 g/mol. The van der Waals surface area contributed by atoms with Crippen LogP contribution in [-0.2, 0) is 16.4 Å². The first-order chi connectivity index (χ1) is 17.9. The van der Waals surface area contributed by atoms with Gasteiger partial charge in [0.2, 0.25) is 0 Å². The van der Waals surface area contributed by atoms with Crippen molar-refractivity contribution in [2.75, 3.05) is 0 Å². The molecule has 0 unspecified atom stereocenters. The Morgan fingerprint density at radius 2 is 1.11 bits per heavy atom. The zero-order valence-corrected chi connectivity index (χ0v) is 23.3.